The molecule has 1 aliphatic rings. The highest BCUT2D eigenvalue weighted by Crippen LogP contribution is 2.27. The first-order valence-corrected chi connectivity index (χ1v) is 9.91. The third-order valence-corrected chi connectivity index (χ3v) is 4.59. The second-order valence-corrected chi connectivity index (χ2v) is 8.24. The van der Waals surface area contributed by atoms with Crippen LogP contribution in [0.25, 0.3) is 0 Å². The number of esters is 1. The molecule has 27 heavy (non-hydrogen) atoms. The van der Waals surface area contributed by atoms with Gasteiger partial charge >= 0.3 is 5.97 Å². The van der Waals surface area contributed by atoms with E-state index in [1.54, 1.807) is 6.07 Å². The molecule has 0 radical (unpaired) electrons. The summed E-state index contributed by atoms with van der Waals surface area (Å²) < 4.78 is 5.28. The van der Waals surface area contributed by atoms with Gasteiger partial charge in [-0.1, -0.05) is 19.3 Å². The highest BCUT2D eigenvalue weighted by atomic mass is 16.6. The third-order valence-electron chi connectivity index (χ3n) is 4.59. The smallest absolute Gasteiger partial charge is 0.306 e. The Kier molecular flexibility index (Phi) is 7.51. The molecule has 6 heteroatoms. The molecule has 1 amide bonds. The lowest BCUT2D eigenvalue weighted by Gasteiger charge is -2.21. The molecule has 1 fully saturated rings. The Balaban J connectivity index is 1.77. The summed E-state index contributed by atoms with van der Waals surface area (Å²) in [4.78, 5) is 24.0. The maximum atomic E-state index is 12.3. The van der Waals surface area contributed by atoms with Crippen molar-refractivity contribution in [3.8, 4) is 0 Å². The molecule has 0 saturated heterocycles. The number of nitrogens with two attached hydrogens (primary N) is 1. The summed E-state index contributed by atoms with van der Waals surface area (Å²) in [6.07, 6.45) is 6.45. The van der Waals surface area contributed by atoms with E-state index in [9.17, 15) is 9.59 Å². The van der Waals surface area contributed by atoms with Gasteiger partial charge in [-0.2, -0.15) is 0 Å². The van der Waals surface area contributed by atoms with Gasteiger partial charge < -0.3 is 21.1 Å². The predicted molar refractivity (Wildman–Crippen MR) is 110 cm³/mol. The second kappa shape index (κ2) is 9.62. The van der Waals surface area contributed by atoms with Crippen molar-refractivity contribution in [1.82, 2.24) is 0 Å². The summed E-state index contributed by atoms with van der Waals surface area (Å²) in [6.45, 7) is 6.20. The van der Waals surface area contributed by atoms with Gasteiger partial charge in [0.05, 0.1) is 11.4 Å². The fourth-order valence-electron chi connectivity index (χ4n) is 3.26. The van der Waals surface area contributed by atoms with Crippen LogP contribution < -0.4 is 16.4 Å². The highest BCUT2D eigenvalue weighted by Gasteiger charge is 2.21. The van der Waals surface area contributed by atoms with E-state index < -0.39 is 5.60 Å². The van der Waals surface area contributed by atoms with Crippen LogP contribution in [-0.4, -0.2) is 24.0 Å². The highest BCUT2D eigenvalue weighted by molar-refractivity contribution is 5.93. The zero-order chi connectivity index (χ0) is 19.9. The Bertz CT molecular complexity index is 647. The van der Waals surface area contributed by atoms with Crippen LogP contribution in [0.4, 0.5) is 17.1 Å². The molecule has 150 valence electrons. The van der Waals surface area contributed by atoms with E-state index in [0.717, 1.165) is 37.1 Å². The zero-order valence-corrected chi connectivity index (χ0v) is 16.8. The molecule has 1 saturated carbocycles. The molecular formula is C21H33N3O3. The largest absolute Gasteiger partial charge is 0.460 e. The quantitative estimate of drug-likeness (QED) is 0.375. The van der Waals surface area contributed by atoms with Gasteiger partial charge in [-0.05, 0) is 58.2 Å². The van der Waals surface area contributed by atoms with E-state index in [1.807, 2.05) is 32.9 Å². The van der Waals surface area contributed by atoms with E-state index in [-0.39, 0.29) is 17.8 Å². The van der Waals surface area contributed by atoms with Crippen molar-refractivity contribution in [2.24, 2.45) is 5.92 Å². The molecule has 0 unspecified atom stereocenters. The van der Waals surface area contributed by atoms with Crippen LogP contribution in [0.1, 0.15) is 65.7 Å². The number of rotatable bonds is 7. The third kappa shape index (κ3) is 7.49. The molecule has 2 rings (SSSR count). The number of nitrogen functional groups attached to an aromatic ring is 1. The molecule has 1 aliphatic carbocycles. The van der Waals surface area contributed by atoms with Gasteiger partial charge in [-0.15, -0.1) is 0 Å². The molecule has 0 aromatic heterocycles. The van der Waals surface area contributed by atoms with E-state index in [1.165, 1.54) is 6.42 Å². The monoisotopic (exact) mass is 375 g/mol. The van der Waals surface area contributed by atoms with Crippen LogP contribution in [0.5, 0.6) is 0 Å². The number of amides is 1. The summed E-state index contributed by atoms with van der Waals surface area (Å²) in [6, 6.07) is 5.49. The minimum atomic E-state index is -0.452. The zero-order valence-electron chi connectivity index (χ0n) is 16.8. The molecule has 0 aliphatic heterocycles. The minimum absolute atomic E-state index is 0.0900. The lowest BCUT2D eigenvalue weighted by molar-refractivity contribution is -0.154. The van der Waals surface area contributed by atoms with Gasteiger partial charge in [0.15, 0.2) is 0 Å². The van der Waals surface area contributed by atoms with Crippen molar-refractivity contribution in [1.29, 1.82) is 0 Å². The van der Waals surface area contributed by atoms with Gasteiger partial charge in [-0.25, -0.2) is 0 Å². The number of anilines is 3. The number of nitrogens with one attached hydrogen (secondary N) is 2. The molecule has 0 bridgehead atoms. The normalized spacial score (nSPS) is 15.2. The van der Waals surface area contributed by atoms with E-state index in [4.69, 9.17) is 10.5 Å². The summed E-state index contributed by atoms with van der Waals surface area (Å²) >= 11 is 0. The average Bonchev–Trinajstić information content (AvgIpc) is 2.59. The number of carbonyl (C=O) groups excluding carboxylic acids is 2. The van der Waals surface area contributed by atoms with Crippen molar-refractivity contribution in [2.75, 3.05) is 22.9 Å². The van der Waals surface area contributed by atoms with E-state index in [2.05, 4.69) is 10.6 Å². The molecular weight excluding hydrogens is 342 g/mol. The lowest BCUT2D eigenvalue weighted by atomic mass is 9.88. The van der Waals surface area contributed by atoms with Crippen LogP contribution in [0.2, 0.25) is 0 Å². The summed E-state index contributed by atoms with van der Waals surface area (Å²) in [5, 5.41) is 6.21. The lowest BCUT2D eigenvalue weighted by Crippen LogP contribution is -2.24. The van der Waals surface area contributed by atoms with Gasteiger partial charge in [0.25, 0.3) is 0 Å². The van der Waals surface area contributed by atoms with Crippen molar-refractivity contribution in [3.05, 3.63) is 18.2 Å². The number of hydrogen-bond acceptors (Lipinski definition) is 5. The number of benzene rings is 1. The topological polar surface area (TPSA) is 93.5 Å². The fraction of sp³-hybridized carbons (Fsp3) is 0.619. The first-order chi connectivity index (χ1) is 12.7. The first-order valence-electron chi connectivity index (χ1n) is 9.91. The van der Waals surface area contributed by atoms with Crippen molar-refractivity contribution in [2.45, 2.75) is 71.3 Å². The van der Waals surface area contributed by atoms with Gasteiger partial charge in [0, 0.05) is 24.6 Å². The number of hydrogen-bond donors (Lipinski definition) is 3. The van der Waals surface area contributed by atoms with Crippen LogP contribution in [0.3, 0.4) is 0 Å². The summed E-state index contributed by atoms with van der Waals surface area (Å²) in [5.74, 6) is 0.0100. The Labute approximate surface area is 162 Å². The molecule has 0 heterocycles. The number of carbonyl (C=O) groups is 2. The first kappa shape index (κ1) is 21.1. The molecule has 0 atom stereocenters. The standard InChI is InChI=1S/C21H33N3O3/c1-21(2,3)27-19(25)10-7-13-23-18-12-11-16(14-17(18)22)24-20(26)15-8-5-4-6-9-15/h11-12,14-15,23H,4-10,13,22H2,1-3H3,(H,24,26). The molecule has 1 aromatic carbocycles. The van der Waals surface area contributed by atoms with Crippen LogP contribution >= 0.6 is 0 Å². The Morgan fingerprint density at radius 1 is 1.19 bits per heavy atom. The summed E-state index contributed by atoms with van der Waals surface area (Å²) in [7, 11) is 0. The van der Waals surface area contributed by atoms with Crippen molar-refractivity contribution in [3.63, 3.8) is 0 Å². The summed E-state index contributed by atoms with van der Waals surface area (Å²) in [5.41, 5.74) is 7.75. The van der Waals surface area contributed by atoms with Gasteiger partial charge in [-0.3, -0.25) is 9.59 Å². The van der Waals surface area contributed by atoms with Gasteiger partial charge in [0.1, 0.15) is 5.60 Å². The van der Waals surface area contributed by atoms with Crippen LogP contribution in [0.15, 0.2) is 18.2 Å². The maximum Gasteiger partial charge on any atom is 0.306 e. The Hall–Kier alpha value is -2.24. The molecule has 0 spiro atoms. The maximum absolute atomic E-state index is 12.3. The Morgan fingerprint density at radius 2 is 1.89 bits per heavy atom. The minimum Gasteiger partial charge on any atom is -0.460 e. The van der Waals surface area contributed by atoms with Crippen LogP contribution in [-0.2, 0) is 14.3 Å². The number of ether oxygens (including phenoxy) is 1. The molecule has 1 aromatic rings. The SMILES string of the molecule is CC(C)(C)OC(=O)CCCNc1ccc(NC(=O)C2CCCCC2)cc1N. The second-order valence-electron chi connectivity index (χ2n) is 8.24. The van der Waals surface area contributed by atoms with Gasteiger partial charge in [0.2, 0.25) is 5.91 Å². The van der Waals surface area contributed by atoms with E-state index in [0.29, 0.717) is 25.1 Å². The van der Waals surface area contributed by atoms with Crippen molar-refractivity contribution < 1.29 is 14.3 Å². The predicted octanol–water partition coefficient (Wildman–Crippen LogP) is 4.32. The van der Waals surface area contributed by atoms with Crippen molar-refractivity contribution >= 4 is 28.9 Å². The Morgan fingerprint density at radius 3 is 2.52 bits per heavy atom. The molecule has 4 N–H and O–H groups in total. The van der Waals surface area contributed by atoms with Crippen LogP contribution in [0, 0.1) is 5.92 Å². The average molecular weight is 376 g/mol. The molecule has 6 nitrogen and oxygen atoms in total. The fourth-order valence-corrected chi connectivity index (χ4v) is 3.26. The van der Waals surface area contributed by atoms with E-state index >= 15 is 0 Å².